The van der Waals surface area contributed by atoms with Gasteiger partial charge < -0.3 is 29.0 Å². The van der Waals surface area contributed by atoms with Crippen LogP contribution in [0.25, 0.3) is 0 Å². The van der Waals surface area contributed by atoms with Gasteiger partial charge in [-0.25, -0.2) is 4.79 Å². The zero-order chi connectivity index (χ0) is 25.6. The molecule has 0 heterocycles. The normalized spacial score (nSPS) is 11.2. The second kappa shape index (κ2) is 15.1. The first kappa shape index (κ1) is 30.1. The zero-order valence-electron chi connectivity index (χ0n) is 20.6. The quantitative estimate of drug-likeness (QED) is 0.239. The summed E-state index contributed by atoms with van der Waals surface area (Å²) in [4.78, 5) is 62.9. The Kier molecular flexibility index (Phi) is 13.8. The molecule has 0 aliphatic heterocycles. The lowest BCUT2D eigenvalue weighted by Crippen LogP contribution is -2.46. The smallest absolute Gasteiger partial charge is 0.407 e. The van der Waals surface area contributed by atoms with Crippen LogP contribution in [0.4, 0.5) is 4.79 Å². The van der Waals surface area contributed by atoms with Crippen molar-refractivity contribution in [2.45, 2.75) is 60.5 Å². The summed E-state index contributed by atoms with van der Waals surface area (Å²) in [6, 6.07) is 0. The van der Waals surface area contributed by atoms with E-state index >= 15 is 0 Å². The summed E-state index contributed by atoms with van der Waals surface area (Å²) in [5.41, 5.74) is -0.750. The summed E-state index contributed by atoms with van der Waals surface area (Å²) in [5.74, 6) is -8.35. The number of carbonyl (C=O) groups excluding carboxylic acids is 5. The number of ether oxygens (including phenoxy) is 5. The summed E-state index contributed by atoms with van der Waals surface area (Å²) >= 11 is 0. The van der Waals surface area contributed by atoms with E-state index in [1.165, 1.54) is 0 Å². The van der Waals surface area contributed by atoms with E-state index in [1.54, 1.807) is 48.5 Å². The SMILES string of the molecule is CCOC(=O)C(C(=O)OCC)C(CCNC(=O)OC(C)(C)C)C(C(=O)OCC)C(=O)OCC. The first-order valence-electron chi connectivity index (χ1n) is 11.1. The van der Waals surface area contributed by atoms with Crippen LogP contribution in [0, 0.1) is 17.8 Å². The fraction of sp³-hybridized carbons (Fsp3) is 0.773. The number of esters is 4. The maximum Gasteiger partial charge on any atom is 0.407 e. The van der Waals surface area contributed by atoms with Gasteiger partial charge in [-0.15, -0.1) is 0 Å². The van der Waals surface area contributed by atoms with Gasteiger partial charge >= 0.3 is 30.0 Å². The Morgan fingerprint density at radius 2 is 1.00 bits per heavy atom. The van der Waals surface area contributed by atoms with Crippen LogP contribution in [0.1, 0.15) is 54.9 Å². The topological polar surface area (TPSA) is 144 Å². The van der Waals surface area contributed by atoms with Gasteiger partial charge in [0.25, 0.3) is 0 Å². The highest BCUT2D eigenvalue weighted by molar-refractivity contribution is 6.00. The van der Waals surface area contributed by atoms with Gasteiger partial charge in [-0.05, 0) is 54.9 Å². The van der Waals surface area contributed by atoms with Gasteiger partial charge in [-0.3, -0.25) is 19.2 Å². The minimum Gasteiger partial charge on any atom is -0.465 e. The summed E-state index contributed by atoms with van der Waals surface area (Å²) in [6.07, 6.45) is -0.891. The van der Waals surface area contributed by atoms with Crippen molar-refractivity contribution in [2.75, 3.05) is 33.0 Å². The van der Waals surface area contributed by atoms with Crippen molar-refractivity contribution in [1.29, 1.82) is 0 Å². The Balaban J connectivity index is 6.14. The Morgan fingerprint density at radius 3 is 1.27 bits per heavy atom. The fourth-order valence-corrected chi connectivity index (χ4v) is 3.00. The first-order chi connectivity index (χ1) is 15.4. The predicted molar refractivity (Wildman–Crippen MR) is 116 cm³/mol. The zero-order valence-corrected chi connectivity index (χ0v) is 20.6. The van der Waals surface area contributed by atoms with E-state index in [0.717, 1.165) is 0 Å². The van der Waals surface area contributed by atoms with Gasteiger partial charge in [-0.2, -0.15) is 0 Å². The highest BCUT2D eigenvalue weighted by atomic mass is 16.6. The third-order valence-electron chi connectivity index (χ3n) is 4.16. The molecule has 0 saturated carbocycles. The van der Waals surface area contributed by atoms with Gasteiger partial charge in [0.05, 0.1) is 26.4 Å². The summed E-state index contributed by atoms with van der Waals surface area (Å²) < 4.78 is 25.2. The second-order valence-corrected chi connectivity index (χ2v) is 7.84. The highest BCUT2D eigenvalue weighted by Gasteiger charge is 2.48. The molecule has 0 atom stereocenters. The van der Waals surface area contributed by atoms with Gasteiger partial charge in [0.2, 0.25) is 0 Å². The first-order valence-corrected chi connectivity index (χ1v) is 11.1. The summed E-state index contributed by atoms with van der Waals surface area (Å²) in [7, 11) is 0. The molecule has 0 spiro atoms. The average Bonchev–Trinajstić information content (AvgIpc) is 2.67. The minimum absolute atomic E-state index is 0.0406. The molecule has 33 heavy (non-hydrogen) atoms. The standard InChI is InChI=1S/C22H37NO10/c1-8-29-17(24)15(18(25)30-9-2)14(12-13-23-21(28)33-22(5,6)7)16(19(26)31-10-3)20(27)32-11-4/h14-16H,8-13H2,1-7H3,(H,23,28). The number of carbonyl (C=O) groups is 5. The highest BCUT2D eigenvalue weighted by Crippen LogP contribution is 2.30. The van der Waals surface area contributed by atoms with Gasteiger partial charge in [0.1, 0.15) is 5.60 Å². The Labute approximate surface area is 194 Å². The summed E-state index contributed by atoms with van der Waals surface area (Å²) in [6.45, 7) is 11.0. The largest absolute Gasteiger partial charge is 0.465 e. The second-order valence-electron chi connectivity index (χ2n) is 7.84. The molecule has 1 amide bonds. The molecular weight excluding hydrogens is 438 g/mol. The third-order valence-corrected chi connectivity index (χ3v) is 4.16. The van der Waals surface area contributed by atoms with E-state index < -0.39 is 53.3 Å². The number of nitrogens with one attached hydrogen (secondary N) is 1. The van der Waals surface area contributed by atoms with Crippen molar-refractivity contribution >= 4 is 30.0 Å². The third kappa shape index (κ3) is 11.0. The van der Waals surface area contributed by atoms with Gasteiger partial charge in [-0.1, -0.05) is 0 Å². The number of alkyl carbamates (subject to hydrolysis) is 1. The van der Waals surface area contributed by atoms with Gasteiger partial charge in [0.15, 0.2) is 11.8 Å². The number of rotatable bonds is 13. The molecule has 0 aromatic carbocycles. The molecule has 0 aliphatic rings. The van der Waals surface area contributed by atoms with Gasteiger partial charge in [0, 0.05) is 12.5 Å². The molecule has 0 rings (SSSR count). The van der Waals surface area contributed by atoms with E-state index in [9.17, 15) is 24.0 Å². The molecule has 11 nitrogen and oxygen atoms in total. The molecule has 0 aromatic heterocycles. The Morgan fingerprint density at radius 1 is 0.667 bits per heavy atom. The number of hydrogen-bond donors (Lipinski definition) is 1. The lowest BCUT2D eigenvalue weighted by Gasteiger charge is -2.29. The van der Waals surface area contributed by atoms with Crippen molar-refractivity contribution in [3.05, 3.63) is 0 Å². The molecule has 190 valence electrons. The molecule has 0 aliphatic carbocycles. The van der Waals surface area contributed by atoms with Crippen molar-refractivity contribution in [3.8, 4) is 0 Å². The molecule has 0 radical (unpaired) electrons. The molecule has 0 unspecified atom stereocenters. The maximum absolute atomic E-state index is 12.7. The molecule has 0 fully saturated rings. The van der Waals surface area contributed by atoms with E-state index in [4.69, 9.17) is 23.7 Å². The lowest BCUT2D eigenvalue weighted by atomic mass is 9.78. The molecule has 0 aromatic rings. The fourth-order valence-electron chi connectivity index (χ4n) is 3.00. The van der Waals surface area contributed by atoms with Crippen LogP contribution < -0.4 is 5.32 Å². The van der Waals surface area contributed by atoms with Crippen molar-refractivity contribution in [1.82, 2.24) is 5.32 Å². The summed E-state index contributed by atoms with van der Waals surface area (Å²) in [5, 5.41) is 2.49. The van der Waals surface area contributed by atoms with Crippen LogP contribution in [-0.2, 0) is 42.9 Å². The lowest BCUT2D eigenvalue weighted by molar-refractivity contribution is -0.172. The minimum atomic E-state index is -1.62. The van der Waals surface area contributed by atoms with E-state index in [2.05, 4.69) is 5.32 Å². The van der Waals surface area contributed by atoms with Crippen LogP contribution in [0.15, 0.2) is 0 Å². The molecule has 0 saturated heterocycles. The number of hydrogen-bond acceptors (Lipinski definition) is 10. The van der Waals surface area contributed by atoms with Crippen LogP contribution in [0.2, 0.25) is 0 Å². The van der Waals surface area contributed by atoms with E-state index in [0.29, 0.717) is 0 Å². The number of amides is 1. The van der Waals surface area contributed by atoms with Crippen LogP contribution in [-0.4, -0.2) is 68.5 Å². The van der Waals surface area contributed by atoms with E-state index in [-0.39, 0.29) is 39.4 Å². The van der Waals surface area contributed by atoms with Crippen molar-refractivity contribution in [2.24, 2.45) is 17.8 Å². The van der Waals surface area contributed by atoms with E-state index in [1.807, 2.05) is 0 Å². The van der Waals surface area contributed by atoms with Crippen molar-refractivity contribution < 1.29 is 47.7 Å². The van der Waals surface area contributed by atoms with Crippen LogP contribution in [0.3, 0.4) is 0 Å². The predicted octanol–water partition coefficient (Wildman–Crippen LogP) is 2.00. The maximum atomic E-state index is 12.7. The Bertz CT molecular complexity index is 595. The average molecular weight is 476 g/mol. The molecule has 11 heteroatoms. The Hall–Kier alpha value is -2.85. The van der Waals surface area contributed by atoms with Crippen LogP contribution >= 0.6 is 0 Å². The molecular formula is C22H37NO10. The van der Waals surface area contributed by atoms with Crippen LogP contribution in [0.5, 0.6) is 0 Å². The van der Waals surface area contributed by atoms with Crippen molar-refractivity contribution in [3.63, 3.8) is 0 Å². The monoisotopic (exact) mass is 475 g/mol. The molecule has 1 N–H and O–H groups in total. The molecule has 0 bridgehead atoms.